The summed E-state index contributed by atoms with van der Waals surface area (Å²) in [6.07, 6.45) is 3.85. The van der Waals surface area contributed by atoms with E-state index in [1.54, 1.807) is 13.1 Å². The smallest absolute Gasteiger partial charge is 0.276 e. The van der Waals surface area contributed by atoms with Gasteiger partial charge in [0.15, 0.2) is 11.6 Å². The Morgan fingerprint density at radius 2 is 2.03 bits per heavy atom. The van der Waals surface area contributed by atoms with Crippen LogP contribution in [0.3, 0.4) is 0 Å². The largest absolute Gasteiger partial charge is 0.352 e. The number of piperidine rings is 1. The average Bonchev–Trinajstić information content (AvgIpc) is 2.88. The summed E-state index contributed by atoms with van der Waals surface area (Å²) in [4.78, 5) is 35.8. The van der Waals surface area contributed by atoms with Gasteiger partial charge in [0.2, 0.25) is 11.8 Å². The van der Waals surface area contributed by atoms with E-state index in [2.05, 4.69) is 25.4 Å². The van der Waals surface area contributed by atoms with Crippen LogP contribution in [0.5, 0.6) is 0 Å². The Balaban J connectivity index is 1.31. The average molecular weight is 494 g/mol. The van der Waals surface area contributed by atoms with Gasteiger partial charge in [0.05, 0.1) is 0 Å². The van der Waals surface area contributed by atoms with Gasteiger partial charge in [0.1, 0.15) is 5.69 Å². The maximum atomic E-state index is 13.8. The molecule has 4 rings (SSSR count). The van der Waals surface area contributed by atoms with Crippen LogP contribution in [0.15, 0.2) is 53.9 Å². The van der Waals surface area contributed by atoms with E-state index < -0.39 is 23.1 Å². The first-order chi connectivity index (χ1) is 17.3. The molecule has 1 fully saturated rings. The lowest BCUT2D eigenvalue weighted by Gasteiger charge is -2.33. The van der Waals surface area contributed by atoms with Crippen LogP contribution in [0, 0.1) is 18.2 Å². The predicted molar refractivity (Wildman–Crippen MR) is 130 cm³/mol. The van der Waals surface area contributed by atoms with Crippen molar-refractivity contribution in [3.63, 3.8) is 0 Å². The number of hydrogen-bond donors (Lipinski definition) is 2. The van der Waals surface area contributed by atoms with Gasteiger partial charge in [-0.05, 0) is 49.7 Å². The van der Waals surface area contributed by atoms with E-state index >= 15 is 0 Å². The van der Waals surface area contributed by atoms with Gasteiger partial charge in [-0.2, -0.15) is 0 Å². The maximum Gasteiger partial charge on any atom is 0.276 e. The molecule has 1 aromatic heterocycles. The third-order valence-corrected chi connectivity index (χ3v) is 7.04. The molecule has 0 bridgehead atoms. The van der Waals surface area contributed by atoms with Crippen molar-refractivity contribution in [2.45, 2.75) is 44.1 Å². The highest BCUT2D eigenvalue weighted by molar-refractivity contribution is 5.99. The van der Waals surface area contributed by atoms with Gasteiger partial charge in [-0.1, -0.05) is 12.1 Å². The third kappa shape index (κ3) is 5.44. The monoisotopic (exact) mass is 493 g/mol. The Labute approximate surface area is 209 Å². The highest BCUT2D eigenvalue weighted by Crippen LogP contribution is 2.36. The molecule has 1 atom stereocenters. The van der Waals surface area contributed by atoms with E-state index in [1.807, 2.05) is 18.2 Å². The van der Waals surface area contributed by atoms with Crippen LogP contribution in [0.25, 0.3) is 4.85 Å². The number of nitrogens with one attached hydrogen (secondary N) is 2. The minimum absolute atomic E-state index is 0.0159. The Hall–Kier alpha value is -3.64. The van der Waals surface area contributed by atoms with Gasteiger partial charge in [-0.25, -0.2) is 15.4 Å². The first-order valence-corrected chi connectivity index (χ1v) is 12.1. The van der Waals surface area contributed by atoms with E-state index in [0.717, 1.165) is 43.9 Å². The molecule has 188 valence electrons. The van der Waals surface area contributed by atoms with Crippen LogP contribution in [0.2, 0.25) is 0 Å². The van der Waals surface area contributed by atoms with Crippen molar-refractivity contribution in [3.8, 4) is 0 Å². The molecule has 0 radical (unpaired) electrons. The summed E-state index contributed by atoms with van der Waals surface area (Å²) in [6, 6.07) is 9.15. The Bertz CT molecular complexity index is 1200. The molecule has 2 N–H and O–H groups in total. The first-order valence-electron chi connectivity index (χ1n) is 12.1. The summed E-state index contributed by atoms with van der Waals surface area (Å²) in [5.74, 6) is -3.24. The Morgan fingerprint density at radius 3 is 2.69 bits per heavy atom. The molecule has 0 aliphatic carbocycles. The van der Waals surface area contributed by atoms with Crippen LogP contribution in [-0.2, 0) is 15.1 Å². The molecule has 2 aliphatic rings. The fourth-order valence-corrected chi connectivity index (χ4v) is 5.03. The normalized spacial score (nSPS) is 19.9. The SMILES string of the molecule is [C-]#[N+]C1(c2ccccn2)CCN(CCCNC(=O)C2=C(C)NC(=O)C[C@@H]2c2ccc(F)c(F)c2)CC1. The molecule has 0 unspecified atom stereocenters. The molecule has 0 saturated carbocycles. The molecular weight excluding hydrogens is 464 g/mol. The minimum Gasteiger partial charge on any atom is -0.352 e. The number of aromatic nitrogens is 1. The van der Waals surface area contributed by atoms with Gasteiger partial charge in [0, 0.05) is 62.3 Å². The van der Waals surface area contributed by atoms with Crippen LogP contribution in [0.1, 0.15) is 49.8 Å². The van der Waals surface area contributed by atoms with Gasteiger partial charge in [0.25, 0.3) is 5.54 Å². The van der Waals surface area contributed by atoms with Crippen molar-refractivity contribution in [3.05, 3.63) is 88.2 Å². The zero-order valence-corrected chi connectivity index (χ0v) is 20.2. The summed E-state index contributed by atoms with van der Waals surface area (Å²) >= 11 is 0. The molecule has 1 saturated heterocycles. The summed E-state index contributed by atoms with van der Waals surface area (Å²) < 4.78 is 27.2. The quantitative estimate of drug-likeness (QED) is 0.456. The van der Waals surface area contributed by atoms with Crippen LogP contribution < -0.4 is 10.6 Å². The molecule has 1 aromatic carbocycles. The van der Waals surface area contributed by atoms with E-state index in [0.29, 0.717) is 36.2 Å². The molecule has 7 nitrogen and oxygen atoms in total. The number of allylic oxidation sites excluding steroid dienone is 1. The first kappa shape index (κ1) is 25.5. The molecule has 2 aliphatic heterocycles. The van der Waals surface area contributed by atoms with Crippen molar-refractivity contribution in [1.82, 2.24) is 20.5 Å². The lowest BCUT2D eigenvalue weighted by atomic mass is 9.84. The maximum absolute atomic E-state index is 13.8. The number of nitrogens with zero attached hydrogens (tertiary/aromatic N) is 3. The predicted octanol–water partition coefficient (Wildman–Crippen LogP) is 3.65. The number of benzene rings is 1. The Kier molecular flexibility index (Phi) is 7.75. The van der Waals surface area contributed by atoms with E-state index in [9.17, 15) is 18.4 Å². The highest BCUT2D eigenvalue weighted by atomic mass is 19.2. The van der Waals surface area contributed by atoms with Crippen molar-refractivity contribution in [2.75, 3.05) is 26.2 Å². The lowest BCUT2D eigenvalue weighted by Crippen LogP contribution is -2.42. The molecule has 3 heterocycles. The number of carbonyl (C=O) groups excluding carboxylic acids is 2. The summed E-state index contributed by atoms with van der Waals surface area (Å²) in [7, 11) is 0. The highest BCUT2D eigenvalue weighted by Gasteiger charge is 2.43. The topological polar surface area (TPSA) is 78.7 Å². The molecule has 36 heavy (non-hydrogen) atoms. The van der Waals surface area contributed by atoms with Crippen molar-refractivity contribution in [1.29, 1.82) is 0 Å². The number of rotatable bonds is 7. The van der Waals surface area contributed by atoms with Gasteiger partial charge in [-0.15, -0.1) is 0 Å². The fraction of sp³-hybridized carbons (Fsp3) is 0.407. The van der Waals surface area contributed by atoms with Gasteiger partial charge in [-0.3, -0.25) is 14.6 Å². The number of carbonyl (C=O) groups is 2. The van der Waals surface area contributed by atoms with Crippen LogP contribution in [0.4, 0.5) is 8.78 Å². The van der Waals surface area contributed by atoms with Crippen LogP contribution >= 0.6 is 0 Å². The summed E-state index contributed by atoms with van der Waals surface area (Å²) in [5.41, 5.74) is 1.41. The number of likely N-dealkylation sites (tertiary alicyclic amines) is 1. The molecule has 2 aromatic rings. The second-order valence-corrected chi connectivity index (χ2v) is 9.33. The molecular formula is C27H29F2N5O2. The number of halogens is 2. The van der Waals surface area contributed by atoms with E-state index in [4.69, 9.17) is 6.57 Å². The zero-order chi connectivity index (χ0) is 25.7. The van der Waals surface area contributed by atoms with Gasteiger partial charge >= 0.3 is 0 Å². The number of pyridine rings is 1. The van der Waals surface area contributed by atoms with Crippen molar-refractivity contribution < 1.29 is 18.4 Å². The number of amides is 2. The Morgan fingerprint density at radius 1 is 1.25 bits per heavy atom. The standard InChI is InChI=1S/C27H29F2N5O2/c1-18-25(20(17-24(35)33-18)19-7-8-21(28)22(29)16-19)26(36)32-12-5-13-34-14-9-27(30-2,10-15-34)23-6-3-4-11-31-23/h3-4,6-8,11,16,20H,5,9-10,12-15,17H2,1H3,(H,32,36)(H,33,35)/t20-/m1/s1. The molecule has 0 spiro atoms. The fourth-order valence-electron chi connectivity index (χ4n) is 5.03. The van der Waals surface area contributed by atoms with Gasteiger partial charge < -0.3 is 20.4 Å². The minimum atomic E-state index is -1.01. The third-order valence-electron chi connectivity index (χ3n) is 7.04. The van der Waals surface area contributed by atoms with E-state index in [1.165, 1.54) is 6.07 Å². The number of hydrogen-bond acceptors (Lipinski definition) is 4. The van der Waals surface area contributed by atoms with Crippen molar-refractivity contribution in [2.24, 2.45) is 0 Å². The van der Waals surface area contributed by atoms with E-state index in [-0.39, 0.29) is 18.2 Å². The lowest BCUT2D eigenvalue weighted by molar-refractivity contribution is -0.121. The van der Waals surface area contributed by atoms with Crippen molar-refractivity contribution >= 4 is 11.8 Å². The molecule has 2 amide bonds. The second-order valence-electron chi connectivity index (χ2n) is 9.33. The second kappa shape index (κ2) is 11.0. The molecule has 9 heteroatoms. The van der Waals surface area contributed by atoms with Crippen LogP contribution in [-0.4, -0.2) is 47.9 Å². The summed E-state index contributed by atoms with van der Waals surface area (Å²) in [5, 5.41) is 5.59. The summed E-state index contributed by atoms with van der Waals surface area (Å²) in [6.45, 7) is 12.1. The zero-order valence-electron chi connectivity index (χ0n) is 20.2.